The van der Waals surface area contributed by atoms with Crippen LogP contribution in [0.25, 0.3) is 0 Å². The predicted octanol–water partition coefficient (Wildman–Crippen LogP) is 3.08. The normalized spacial score (nSPS) is 8.77. The largest absolute Gasteiger partial charge is 2.00 e. The molecule has 0 radical (unpaired) electrons. The number of carbonyl (C=O) groups excluding carboxylic acids is 2. The summed E-state index contributed by atoms with van der Waals surface area (Å²) < 4.78 is 9.63. The second kappa shape index (κ2) is 11.5. The zero-order valence-electron chi connectivity index (χ0n) is 12.3. The molecule has 2 aromatic rings. The van der Waals surface area contributed by atoms with E-state index in [1.807, 2.05) is 30.3 Å². The Labute approximate surface area is 140 Å². The maximum absolute atomic E-state index is 11.3. The standard InChI is InChI=1S/C12H13O4.C5H5.Fe/c1-9(2)11(13)15-7-8-16-12(14)10-5-3-4-6-10;1-2-4-5-3-1;/h3-6H,1,7-8H2,2H3;1-5H;/q2*-1;+2. The molecule has 0 bridgehead atoms. The molecule has 0 saturated heterocycles. The summed E-state index contributed by atoms with van der Waals surface area (Å²) in [7, 11) is 0. The van der Waals surface area contributed by atoms with Gasteiger partial charge in [0.1, 0.15) is 13.2 Å². The molecule has 0 unspecified atom stereocenters. The average Bonchev–Trinajstić information content (AvgIpc) is 3.18. The summed E-state index contributed by atoms with van der Waals surface area (Å²) in [6, 6.07) is 16.8. The van der Waals surface area contributed by atoms with Crippen LogP contribution >= 0.6 is 0 Å². The van der Waals surface area contributed by atoms with Gasteiger partial charge < -0.3 is 9.47 Å². The van der Waals surface area contributed by atoms with Crippen molar-refractivity contribution in [1.82, 2.24) is 0 Å². The van der Waals surface area contributed by atoms with Crippen molar-refractivity contribution in [2.75, 3.05) is 13.2 Å². The fourth-order valence-electron chi connectivity index (χ4n) is 1.31. The summed E-state index contributed by atoms with van der Waals surface area (Å²) in [5.41, 5.74) is 0.814. The van der Waals surface area contributed by atoms with Crippen LogP contribution in [0.1, 0.15) is 17.3 Å². The number of hydrogen-bond acceptors (Lipinski definition) is 4. The van der Waals surface area contributed by atoms with E-state index in [1.165, 1.54) is 0 Å². The van der Waals surface area contributed by atoms with Gasteiger partial charge >= 0.3 is 23.0 Å². The first-order valence-electron chi connectivity index (χ1n) is 6.49. The topological polar surface area (TPSA) is 52.6 Å². The number of rotatable bonds is 5. The smallest absolute Gasteiger partial charge is 0.468 e. The van der Waals surface area contributed by atoms with Gasteiger partial charge in [-0.05, 0) is 6.92 Å². The molecular formula is C17H18FeO4. The molecule has 0 saturated carbocycles. The van der Waals surface area contributed by atoms with Crippen LogP contribution in [0, 0.1) is 0 Å². The maximum Gasteiger partial charge on any atom is 2.00 e. The van der Waals surface area contributed by atoms with Crippen LogP contribution in [0.5, 0.6) is 0 Å². The third kappa shape index (κ3) is 8.25. The van der Waals surface area contributed by atoms with Gasteiger partial charge in [-0.25, -0.2) is 29.1 Å². The molecular weight excluding hydrogens is 324 g/mol. The average molecular weight is 342 g/mol. The minimum atomic E-state index is -0.482. The van der Waals surface area contributed by atoms with E-state index in [0.717, 1.165) is 0 Å². The van der Waals surface area contributed by atoms with E-state index in [-0.39, 0.29) is 30.3 Å². The van der Waals surface area contributed by atoms with Gasteiger partial charge in [0.15, 0.2) is 0 Å². The number of hydrogen-bond donors (Lipinski definition) is 0. The Bertz CT molecular complexity index is 524. The molecule has 0 amide bonds. The quantitative estimate of drug-likeness (QED) is 0.276. The van der Waals surface area contributed by atoms with Gasteiger partial charge in [0.2, 0.25) is 0 Å². The zero-order chi connectivity index (χ0) is 15.5. The molecule has 0 aliphatic rings. The third-order valence-electron chi connectivity index (χ3n) is 2.35. The molecule has 2 aromatic carbocycles. The Morgan fingerprint density at radius 3 is 2.05 bits per heavy atom. The Morgan fingerprint density at radius 2 is 1.59 bits per heavy atom. The first kappa shape index (κ1) is 19.9. The Balaban J connectivity index is 0.000000622. The summed E-state index contributed by atoms with van der Waals surface area (Å²) >= 11 is 0. The van der Waals surface area contributed by atoms with Crippen molar-refractivity contribution in [3.05, 3.63) is 72.3 Å². The van der Waals surface area contributed by atoms with Gasteiger partial charge in [-0.1, -0.05) is 12.1 Å². The van der Waals surface area contributed by atoms with Crippen LogP contribution in [-0.2, 0) is 31.3 Å². The molecule has 0 heterocycles. The Morgan fingerprint density at radius 1 is 1.05 bits per heavy atom. The fourth-order valence-corrected chi connectivity index (χ4v) is 1.31. The maximum atomic E-state index is 11.3. The van der Waals surface area contributed by atoms with Crippen LogP contribution in [0.2, 0.25) is 0 Å². The third-order valence-corrected chi connectivity index (χ3v) is 2.35. The number of carbonyl (C=O) groups is 2. The van der Waals surface area contributed by atoms with E-state index >= 15 is 0 Å². The van der Waals surface area contributed by atoms with Crippen molar-refractivity contribution in [3.63, 3.8) is 0 Å². The number of esters is 2. The van der Waals surface area contributed by atoms with E-state index in [1.54, 1.807) is 31.2 Å². The fraction of sp³-hybridized carbons (Fsp3) is 0.176. The molecule has 0 N–H and O–H groups in total. The SMILES string of the molecule is C=C(C)C(=O)OCCOC(=O)[c-]1cccc1.[Fe+2].c1cc[cH-]c1. The van der Waals surface area contributed by atoms with Gasteiger partial charge in [-0.2, -0.15) is 30.3 Å². The molecule has 0 aliphatic carbocycles. The first-order chi connectivity index (χ1) is 10.1. The van der Waals surface area contributed by atoms with E-state index < -0.39 is 11.9 Å². The van der Waals surface area contributed by atoms with Crippen LogP contribution < -0.4 is 0 Å². The van der Waals surface area contributed by atoms with Gasteiger partial charge in [-0.3, -0.25) is 4.79 Å². The monoisotopic (exact) mass is 342 g/mol. The van der Waals surface area contributed by atoms with Crippen molar-refractivity contribution in [1.29, 1.82) is 0 Å². The van der Waals surface area contributed by atoms with E-state index in [4.69, 9.17) is 9.47 Å². The number of ether oxygens (including phenoxy) is 2. The van der Waals surface area contributed by atoms with Gasteiger partial charge in [0, 0.05) is 5.57 Å². The van der Waals surface area contributed by atoms with Gasteiger partial charge in [0.25, 0.3) is 5.97 Å². The molecule has 2 rings (SSSR count). The summed E-state index contributed by atoms with van der Waals surface area (Å²) in [5, 5.41) is 0. The van der Waals surface area contributed by atoms with Gasteiger partial charge in [0.05, 0.1) is 0 Å². The van der Waals surface area contributed by atoms with Crippen LogP contribution in [0.15, 0.2) is 66.7 Å². The predicted molar refractivity (Wildman–Crippen MR) is 80.1 cm³/mol. The molecule has 22 heavy (non-hydrogen) atoms. The summed E-state index contributed by atoms with van der Waals surface area (Å²) in [5.74, 6) is -0.902. The summed E-state index contributed by atoms with van der Waals surface area (Å²) in [6.45, 7) is 5.07. The van der Waals surface area contributed by atoms with Crippen molar-refractivity contribution in [3.8, 4) is 0 Å². The second-order valence-corrected chi connectivity index (χ2v) is 4.19. The van der Waals surface area contributed by atoms with Crippen molar-refractivity contribution >= 4 is 11.9 Å². The summed E-state index contributed by atoms with van der Waals surface area (Å²) in [4.78, 5) is 22.3. The van der Waals surface area contributed by atoms with Crippen molar-refractivity contribution < 1.29 is 36.1 Å². The second-order valence-electron chi connectivity index (χ2n) is 4.19. The zero-order valence-corrected chi connectivity index (χ0v) is 13.4. The Kier molecular flexibility index (Phi) is 10.4. The first-order valence-corrected chi connectivity index (χ1v) is 6.49. The van der Waals surface area contributed by atoms with Crippen LogP contribution in [-0.4, -0.2) is 25.2 Å². The minimum Gasteiger partial charge on any atom is -0.468 e. The molecule has 0 spiro atoms. The van der Waals surface area contributed by atoms with E-state index in [0.29, 0.717) is 11.1 Å². The van der Waals surface area contributed by atoms with Crippen LogP contribution in [0.4, 0.5) is 0 Å². The Hall–Kier alpha value is -2.10. The molecule has 0 aromatic heterocycles. The van der Waals surface area contributed by atoms with E-state index in [2.05, 4.69) is 6.58 Å². The minimum absolute atomic E-state index is 0. The summed E-state index contributed by atoms with van der Waals surface area (Å²) in [6.07, 6.45) is 0. The van der Waals surface area contributed by atoms with Gasteiger partial charge in [-0.15, -0.1) is 0 Å². The van der Waals surface area contributed by atoms with E-state index in [9.17, 15) is 9.59 Å². The van der Waals surface area contributed by atoms with Crippen molar-refractivity contribution in [2.24, 2.45) is 0 Å². The van der Waals surface area contributed by atoms with Crippen molar-refractivity contribution in [2.45, 2.75) is 6.92 Å². The molecule has 0 aliphatic heterocycles. The molecule has 5 heteroatoms. The molecule has 0 fully saturated rings. The molecule has 4 nitrogen and oxygen atoms in total. The molecule has 118 valence electrons. The van der Waals surface area contributed by atoms with Crippen LogP contribution in [0.3, 0.4) is 0 Å². The molecule has 0 atom stereocenters.